The predicted molar refractivity (Wildman–Crippen MR) is 48.1 cm³/mol. The van der Waals surface area contributed by atoms with Gasteiger partial charge in [-0.2, -0.15) is 8.78 Å². The lowest BCUT2D eigenvalue weighted by molar-refractivity contribution is -0.0502. The van der Waals surface area contributed by atoms with E-state index in [1.54, 1.807) is 0 Å². The first-order valence-electron chi connectivity index (χ1n) is 3.98. The fourth-order valence-corrected chi connectivity index (χ4v) is 1.12. The van der Waals surface area contributed by atoms with Crippen molar-refractivity contribution in [2.24, 2.45) is 5.73 Å². The number of benzene rings is 1. The molecule has 2 N–H and O–H groups in total. The van der Waals surface area contributed by atoms with Gasteiger partial charge in [-0.25, -0.2) is 0 Å². The molecule has 4 nitrogen and oxygen atoms in total. The zero-order valence-electron chi connectivity index (χ0n) is 7.87. The summed E-state index contributed by atoms with van der Waals surface area (Å²) in [6, 6.07) is 4.07. The van der Waals surface area contributed by atoms with E-state index >= 15 is 0 Å². The van der Waals surface area contributed by atoms with Crippen LogP contribution in [0, 0.1) is 0 Å². The molecule has 0 saturated carbocycles. The Morgan fingerprint density at radius 1 is 1.40 bits per heavy atom. The van der Waals surface area contributed by atoms with Crippen molar-refractivity contribution in [2.45, 2.75) is 6.61 Å². The van der Waals surface area contributed by atoms with E-state index in [9.17, 15) is 13.6 Å². The zero-order chi connectivity index (χ0) is 11.4. The number of carbonyl (C=O) groups excluding carboxylic acids is 1. The monoisotopic (exact) mass is 217 g/mol. The summed E-state index contributed by atoms with van der Waals surface area (Å²) in [6.07, 6.45) is 0. The van der Waals surface area contributed by atoms with E-state index in [4.69, 9.17) is 10.5 Å². The molecule has 0 fully saturated rings. The Bertz CT molecular complexity index is 368. The molecule has 82 valence electrons. The Morgan fingerprint density at radius 3 is 2.47 bits per heavy atom. The average Bonchev–Trinajstić information content (AvgIpc) is 2.15. The van der Waals surface area contributed by atoms with Gasteiger partial charge >= 0.3 is 6.61 Å². The van der Waals surface area contributed by atoms with E-state index < -0.39 is 12.5 Å². The van der Waals surface area contributed by atoms with Gasteiger partial charge in [-0.3, -0.25) is 4.79 Å². The molecule has 0 radical (unpaired) electrons. The summed E-state index contributed by atoms with van der Waals surface area (Å²) in [6.45, 7) is -3.02. The fourth-order valence-electron chi connectivity index (χ4n) is 1.12. The molecular formula is C9H9F2NO3. The van der Waals surface area contributed by atoms with Crippen molar-refractivity contribution in [2.75, 3.05) is 7.11 Å². The molecule has 1 aromatic carbocycles. The van der Waals surface area contributed by atoms with Gasteiger partial charge in [-0.05, 0) is 12.1 Å². The van der Waals surface area contributed by atoms with Crippen LogP contribution in [-0.4, -0.2) is 19.6 Å². The minimum absolute atomic E-state index is 0.0978. The number of rotatable bonds is 4. The van der Waals surface area contributed by atoms with Crippen molar-refractivity contribution in [1.82, 2.24) is 0 Å². The average molecular weight is 217 g/mol. The minimum atomic E-state index is -3.02. The number of nitrogens with two attached hydrogens (primary N) is 1. The lowest BCUT2D eigenvalue weighted by Crippen LogP contribution is -2.15. The SMILES string of the molecule is COc1cccc(OC(F)F)c1C(N)=O. The lowest BCUT2D eigenvalue weighted by atomic mass is 10.1. The quantitative estimate of drug-likeness (QED) is 0.829. The van der Waals surface area contributed by atoms with E-state index in [1.165, 1.54) is 25.3 Å². The summed E-state index contributed by atoms with van der Waals surface area (Å²) < 4.78 is 32.9. The fraction of sp³-hybridized carbons (Fsp3) is 0.222. The van der Waals surface area contributed by atoms with Gasteiger partial charge in [0.2, 0.25) is 0 Å². The van der Waals surface area contributed by atoms with Crippen molar-refractivity contribution in [3.05, 3.63) is 23.8 Å². The molecule has 15 heavy (non-hydrogen) atoms. The number of carbonyl (C=O) groups is 1. The number of hydrogen-bond acceptors (Lipinski definition) is 3. The van der Waals surface area contributed by atoms with Crippen LogP contribution in [0.3, 0.4) is 0 Å². The molecule has 1 rings (SSSR count). The highest BCUT2D eigenvalue weighted by atomic mass is 19.3. The third-order valence-corrected chi connectivity index (χ3v) is 1.67. The maximum atomic E-state index is 12.0. The van der Waals surface area contributed by atoms with Crippen LogP contribution in [0.15, 0.2) is 18.2 Å². The number of amides is 1. The van der Waals surface area contributed by atoms with Crippen LogP contribution in [0.2, 0.25) is 0 Å². The molecular weight excluding hydrogens is 208 g/mol. The predicted octanol–water partition coefficient (Wildman–Crippen LogP) is 1.40. The largest absolute Gasteiger partial charge is 0.496 e. The summed E-state index contributed by atoms with van der Waals surface area (Å²) in [4.78, 5) is 11.0. The number of alkyl halides is 2. The third-order valence-electron chi connectivity index (χ3n) is 1.67. The molecule has 1 aromatic rings. The maximum Gasteiger partial charge on any atom is 0.387 e. The summed E-state index contributed by atoms with van der Waals surface area (Å²) in [7, 11) is 1.30. The van der Waals surface area contributed by atoms with Crippen LogP contribution in [0.5, 0.6) is 11.5 Å². The molecule has 0 unspecified atom stereocenters. The van der Waals surface area contributed by atoms with Crippen LogP contribution in [-0.2, 0) is 0 Å². The second kappa shape index (κ2) is 4.59. The van der Waals surface area contributed by atoms with Crippen molar-refractivity contribution in [3.8, 4) is 11.5 Å². The summed E-state index contributed by atoms with van der Waals surface area (Å²) in [5.74, 6) is -1.08. The molecule has 0 spiro atoms. The van der Waals surface area contributed by atoms with Gasteiger partial charge < -0.3 is 15.2 Å². The first-order valence-corrected chi connectivity index (χ1v) is 3.98. The first-order chi connectivity index (χ1) is 7.06. The standard InChI is InChI=1S/C9H9F2NO3/c1-14-5-3-2-4-6(15-9(10)11)7(5)8(12)13/h2-4,9H,1H3,(H2,12,13). The molecule has 0 aliphatic carbocycles. The van der Waals surface area contributed by atoms with Crippen LogP contribution < -0.4 is 15.2 Å². The number of halogens is 2. The highest BCUT2D eigenvalue weighted by Gasteiger charge is 2.18. The number of methoxy groups -OCH3 is 1. The zero-order valence-corrected chi connectivity index (χ0v) is 7.87. The van der Waals surface area contributed by atoms with Crippen LogP contribution in [0.25, 0.3) is 0 Å². The molecule has 0 heterocycles. The third kappa shape index (κ3) is 2.55. The molecule has 0 atom stereocenters. The van der Waals surface area contributed by atoms with Crippen LogP contribution >= 0.6 is 0 Å². The van der Waals surface area contributed by atoms with E-state index in [2.05, 4.69) is 4.74 Å². The molecule has 6 heteroatoms. The van der Waals surface area contributed by atoms with Gasteiger partial charge in [0.1, 0.15) is 17.1 Å². The van der Waals surface area contributed by atoms with Gasteiger partial charge in [0.05, 0.1) is 7.11 Å². The number of ether oxygens (including phenoxy) is 2. The highest BCUT2D eigenvalue weighted by molar-refractivity contribution is 5.98. The summed E-state index contributed by atoms with van der Waals surface area (Å²) in [5.41, 5.74) is 4.83. The van der Waals surface area contributed by atoms with E-state index in [-0.39, 0.29) is 17.1 Å². The molecule has 0 aliphatic heterocycles. The Kier molecular flexibility index (Phi) is 3.43. The molecule has 0 bridgehead atoms. The van der Waals surface area contributed by atoms with Gasteiger partial charge in [0, 0.05) is 0 Å². The Hall–Kier alpha value is -1.85. The second-order valence-corrected chi connectivity index (χ2v) is 2.58. The van der Waals surface area contributed by atoms with Gasteiger partial charge in [-0.15, -0.1) is 0 Å². The molecule has 0 aliphatic rings. The maximum absolute atomic E-state index is 12.0. The normalized spacial score (nSPS) is 10.1. The summed E-state index contributed by atoms with van der Waals surface area (Å²) in [5, 5.41) is 0. The topological polar surface area (TPSA) is 61.6 Å². The minimum Gasteiger partial charge on any atom is -0.496 e. The Morgan fingerprint density at radius 2 is 2.00 bits per heavy atom. The summed E-state index contributed by atoms with van der Waals surface area (Å²) >= 11 is 0. The Labute approximate surface area is 84.6 Å². The van der Waals surface area contributed by atoms with Crippen molar-refractivity contribution in [1.29, 1.82) is 0 Å². The van der Waals surface area contributed by atoms with Crippen molar-refractivity contribution >= 4 is 5.91 Å². The second-order valence-electron chi connectivity index (χ2n) is 2.58. The van der Waals surface area contributed by atoms with Crippen LogP contribution in [0.4, 0.5) is 8.78 Å². The van der Waals surface area contributed by atoms with Crippen molar-refractivity contribution < 1.29 is 23.0 Å². The van der Waals surface area contributed by atoms with Crippen molar-refractivity contribution in [3.63, 3.8) is 0 Å². The van der Waals surface area contributed by atoms with Crippen LogP contribution in [0.1, 0.15) is 10.4 Å². The Balaban J connectivity index is 3.19. The lowest BCUT2D eigenvalue weighted by Gasteiger charge is -2.11. The van der Waals surface area contributed by atoms with E-state index in [0.717, 1.165) is 0 Å². The van der Waals surface area contributed by atoms with Gasteiger partial charge in [0.15, 0.2) is 0 Å². The molecule has 0 aromatic heterocycles. The highest BCUT2D eigenvalue weighted by Crippen LogP contribution is 2.28. The van der Waals surface area contributed by atoms with Gasteiger partial charge in [0.25, 0.3) is 5.91 Å². The number of primary amides is 1. The molecule has 1 amide bonds. The van der Waals surface area contributed by atoms with E-state index in [0.29, 0.717) is 0 Å². The van der Waals surface area contributed by atoms with E-state index in [1.807, 2.05) is 0 Å². The smallest absolute Gasteiger partial charge is 0.387 e. The molecule has 0 saturated heterocycles. The number of hydrogen-bond donors (Lipinski definition) is 1. The first kappa shape index (κ1) is 11.2. The van der Waals surface area contributed by atoms with Gasteiger partial charge in [-0.1, -0.05) is 6.07 Å².